The molecule has 0 bridgehead atoms. The van der Waals surface area contributed by atoms with Crippen molar-refractivity contribution >= 4 is 15.9 Å². The van der Waals surface area contributed by atoms with Gasteiger partial charge in [0, 0.05) is 11.1 Å². The van der Waals surface area contributed by atoms with Gasteiger partial charge in [0.15, 0.2) is 0 Å². The lowest BCUT2D eigenvalue weighted by Gasteiger charge is -2.32. The number of hydrogen-bond acceptors (Lipinski definition) is 1. The molecule has 0 aliphatic carbocycles. The van der Waals surface area contributed by atoms with Crippen LogP contribution in [0.15, 0.2) is 22.7 Å². The van der Waals surface area contributed by atoms with Crippen molar-refractivity contribution in [3.63, 3.8) is 0 Å². The van der Waals surface area contributed by atoms with Crippen molar-refractivity contribution in [3.8, 4) is 0 Å². The zero-order valence-electron chi connectivity index (χ0n) is 10.4. The summed E-state index contributed by atoms with van der Waals surface area (Å²) >= 11 is 3.28. The van der Waals surface area contributed by atoms with E-state index in [1.807, 2.05) is 12.1 Å². The Labute approximate surface area is 111 Å². The Hall–Kier alpha value is -0.410. The van der Waals surface area contributed by atoms with Crippen molar-refractivity contribution in [1.82, 2.24) is 5.32 Å². The molecule has 1 aliphatic heterocycles. The van der Waals surface area contributed by atoms with E-state index in [1.54, 1.807) is 6.07 Å². The van der Waals surface area contributed by atoms with Gasteiger partial charge in [-0.3, -0.25) is 0 Å². The fourth-order valence-corrected chi connectivity index (χ4v) is 3.26. The third-order valence-electron chi connectivity index (χ3n) is 3.47. The van der Waals surface area contributed by atoms with Crippen molar-refractivity contribution in [3.05, 3.63) is 34.1 Å². The van der Waals surface area contributed by atoms with Gasteiger partial charge >= 0.3 is 0 Å². The molecule has 0 amide bonds. The lowest BCUT2D eigenvalue weighted by Crippen LogP contribution is -2.39. The number of benzene rings is 1. The Morgan fingerprint density at radius 1 is 1.47 bits per heavy atom. The van der Waals surface area contributed by atoms with Crippen LogP contribution in [0.2, 0.25) is 0 Å². The van der Waals surface area contributed by atoms with E-state index in [0.29, 0.717) is 10.4 Å². The van der Waals surface area contributed by atoms with Gasteiger partial charge in [-0.15, -0.1) is 0 Å². The van der Waals surface area contributed by atoms with Crippen LogP contribution >= 0.6 is 15.9 Å². The summed E-state index contributed by atoms with van der Waals surface area (Å²) in [5.41, 5.74) is 0.653. The second kappa shape index (κ2) is 5.07. The average molecular weight is 300 g/mol. The number of nitrogens with one attached hydrogen (secondary N) is 1. The Bertz CT molecular complexity index is 397. The molecule has 17 heavy (non-hydrogen) atoms. The van der Waals surface area contributed by atoms with Crippen LogP contribution in [0.3, 0.4) is 0 Å². The van der Waals surface area contributed by atoms with Crippen LogP contribution in [-0.4, -0.2) is 6.54 Å². The molecule has 0 aromatic heterocycles. The maximum Gasteiger partial charge on any atom is 0.142 e. The van der Waals surface area contributed by atoms with Crippen LogP contribution in [0.1, 0.15) is 38.7 Å². The van der Waals surface area contributed by atoms with E-state index in [1.165, 1.54) is 0 Å². The third kappa shape index (κ3) is 2.55. The predicted molar refractivity (Wildman–Crippen MR) is 72.5 cm³/mol. The first-order valence-electron chi connectivity index (χ1n) is 6.25. The van der Waals surface area contributed by atoms with Crippen molar-refractivity contribution < 1.29 is 4.39 Å². The molecule has 0 saturated carbocycles. The van der Waals surface area contributed by atoms with Crippen molar-refractivity contribution in [2.45, 2.75) is 38.6 Å². The molecule has 0 radical (unpaired) electrons. The van der Waals surface area contributed by atoms with Crippen LogP contribution in [0.4, 0.5) is 4.39 Å². The number of halogens is 2. The van der Waals surface area contributed by atoms with Crippen molar-refractivity contribution in [1.29, 1.82) is 0 Å². The molecule has 94 valence electrons. The number of rotatable bonds is 3. The molecule has 1 aliphatic rings. The highest BCUT2D eigenvalue weighted by molar-refractivity contribution is 9.10. The van der Waals surface area contributed by atoms with E-state index >= 15 is 0 Å². The lowest BCUT2D eigenvalue weighted by atomic mass is 9.81. The predicted octanol–water partition coefficient (Wildman–Crippen LogP) is 4.21. The molecule has 1 fully saturated rings. The summed E-state index contributed by atoms with van der Waals surface area (Å²) in [6, 6.07) is 5.60. The number of hydrogen-bond donors (Lipinski definition) is 1. The Kier molecular flexibility index (Phi) is 3.88. The minimum Gasteiger partial charge on any atom is -0.307 e. The fourth-order valence-electron chi connectivity index (χ4n) is 2.89. The first-order valence-corrected chi connectivity index (χ1v) is 7.04. The molecule has 1 aromatic rings. The molecule has 1 heterocycles. The lowest BCUT2D eigenvalue weighted by molar-refractivity contribution is 0.300. The van der Waals surface area contributed by atoms with Gasteiger partial charge in [-0.25, -0.2) is 4.39 Å². The fraction of sp³-hybridized carbons (Fsp3) is 0.571. The molecule has 3 heteroatoms. The van der Waals surface area contributed by atoms with E-state index in [4.69, 9.17) is 0 Å². The zero-order valence-corrected chi connectivity index (χ0v) is 12.0. The first-order chi connectivity index (χ1) is 8.05. The Morgan fingerprint density at radius 3 is 2.82 bits per heavy atom. The van der Waals surface area contributed by atoms with E-state index in [-0.39, 0.29) is 11.4 Å². The highest BCUT2D eigenvalue weighted by atomic mass is 79.9. The van der Waals surface area contributed by atoms with Crippen LogP contribution in [-0.2, 0) is 5.54 Å². The van der Waals surface area contributed by atoms with E-state index in [9.17, 15) is 4.39 Å². The zero-order chi connectivity index (χ0) is 12.5. The molecule has 1 aromatic carbocycles. The van der Waals surface area contributed by atoms with Crippen LogP contribution < -0.4 is 5.32 Å². The third-order valence-corrected chi connectivity index (χ3v) is 4.08. The normalized spacial score (nSPS) is 24.5. The highest BCUT2D eigenvalue weighted by Gasteiger charge is 2.38. The molecular weight excluding hydrogens is 281 g/mol. The summed E-state index contributed by atoms with van der Waals surface area (Å²) in [6.45, 7) is 5.37. The minimum absolute atomic E-state index is 0.109. The molecule has 2 rings (SSSR count). The van der Waals surface area contributed by atoms with Gasteiger partial charge in [0.2, 0.25) is 0 Å². The standard InChI is InChI=1S/C14H19BrFN/c1-10(2)9-14(7-4-8-17-14)11-5-3-6-12(15)13(11)16/h3,5-6,10,17H,4,7-9H2,1-2H3. The van der Waals surface area contributed by atoms with Gasteiger partial charge in [0.1, 0.15) is 5.82 Å². The average Bonchev–Trinajstić information content (AvgIpc) is 2.70. The summed E-state index contributed by atoms with van der Waals surface area (Å²) in [7, 11) is 0. The SMILES string of the molecule is CC(C)CC1(c2cccc(Br)c2F)CCCN1. The second-order valence-corrected chi connectivity index (χ2v) is 6.17. The Balaban J connectivity index is 2.42. The maximum absolute atomic E-state index is 14.3. The van der Waals surface area contributed by atoms with Crippen LogP contribution in [0.5, 0.6) is 0 Å². The molecule has 1 saturated heterocycles. The summed E-state index contributed by atoms with van der Waals surface area (Å²) in [5, 5.41) is 3.52. The summed E-state index contributed by atoms with van der Waals surface area (Å²) < 4.78 is 14.8. The topological polar surface area (TPSA) is 12.0 Å². The molecule has 1 atom stereocenters. The van der Waals surface area contributed by atoms with E-state index < -0.39 is 0 Å². The van der Waals surface area contributed by atoms with Gasteiger partial charge in [-0.05, 0) is 53.7 Å². The van der Waals surface area contributed by atoms with Gasteiger partial charge < -0.3 is 5.32 Å². The van der Waals surface area contributed by atoms with Gasteiger partial charge in [-0.1, -0.05) is 26.0 Å². The highest BCUT2D eigenvalue weighted by Crippen LogP contribution is 2.39. The van der Waals surface area contributed by atoms with Crippen molar-refractivity contribution in [2.75, 3.05) is 6.54 Å². The molecule has 0 spiro atoms. The van der Waals surface area contributed by atoms with Crippen LogP contribution in [0.25, 0.3) is 0 Å². The molecule has 1 N–H and O–H groups in total. The molecule has 1 nitrogen and oxygen atoms in total. The summed E-state index contributed by atoms with van der Waals surface area (Å²) in [6.07, 6.45) is 3.14. The van der Waals surface area contributed by atoms with Crippen LogP contribution in [0, 0.1) is 11.7 Å². The molecule has 1 unspecified atom stereocenters. The van der Waals surface area contributed by atoms with Gasteiger partial charge in [0.25, 0.3) is 0 Å². The van der Waals surface area contributed by atoms with E-state index in [0.717, 1.165) is 31.4 Å². The minimum atomic E-state index is -0.165. The van der Waals surface area contributed by atoms with Gasteiger partial charge in [0.05, 0.1) is 4.47 Å². The second-order valence-electron chi connectivity index (χ2n) is 5.31. The van der Waals surface area contributed by atoms with Crippen molar-refractivity contribution in [2.24, 2.45) is 5.92 Å². The molecular formula is C14H19BrFN. The Morgan fingerprint density at radius 2 is 2.24 bits per heavy atom. The van der Waals surface area contributed by atoms with Gasteiger partial charge in [-0.2, -0.15) is 0 Å². The monoisotopic (exact) mass is 299 g/mol. The largest absolute Gasteiger partial charge is 0.307 e. The summed E-state index contributed by atoms with van der Waals surface area (Å²) in [4.78, 5) is 0. The van der Waals surface area contributed by atoms with E-state index in [2.05, 4.69) is 35.1 Å². The smallest absolute Gasteiger partial charge is 0.142 e. The first kappa shape index (κ1) is 13.0. The maximum atomic E-state index is 14.3. The quantitative estimate of drug-likeness (QED) is 0.881. The summed E-state index contributed by atoms with van der Waals surface area (Å²) in [5.74, 6) is 0.446.